The van der Waals surface area contributed by atoms with Gasteiger partial charge in [0.1, 0.15) is 31.6 Å². The summed E-state index contributed by atoms with van der Waals surface area (Å²) in [5.41, 5.74) is 0.0999. The Morgan fingerprint density at radius 3 is 1.61 bits per heavy atom. The molecule has 2 rings (SSSR count). The van der Waals surface area contributed by atoms with E-state index in [1.54, 1.807) is 12.1 Å². The molecule has 0 radical (unpaired) electrons. The van der Waals surface area contributed by atoms with Crippen LogP contribution in [0.4, 0.5) is 0 Å². The minimum absolute atomic E-state index is 0.0442. The number of carboxylic acid groups (broad SMARTS) is 2. The first-order chi connectivity index (χ1) is 8.51. The Balaban J connectivity index is 2.88. The van der Waals surface area contributed by atoms with Gasteiger partial charge in [-0.2, -0.15) is 10.5 Å². The molecule has 0 aromatic carbocycles. The van der Waals surface area contributed by atoms with Gasteiger partial charge in [-0.25, -0.2) is 9.59 Å². The van der Waals surface area contributed by atoms with Crippen molar-refractivity contribution in [3.8, 4) is 12.1 Å². The van der Waals surface area contributed by atoms with E-state index in [1.165, 1.54) is 0 Å². The van der Waals surface area contributed by atoms with Crippen LogP contribution in [0, 0.1) is 22.7 Å². The lowest BCUT2D eigenvalue weighted by Gasteiger charge is -1.96. The molecule has 1 aromatic heterocycles. The van der Waals surface area contributed by atoms with Crippen LogP contribution in [0.25, 0.3) is 0 Å². The molecular weight excluding hydrogens is 276 g/mol. The minimum Gasteiger partial charge on any atom is -0.477 e. The largest absolute Gasteiger partial charge is 0.477 e. The predicted molar refractivity (Wildman–Crippen MR) is 64.8 cm³/mol. The van der Waals surface area contributed by atoms with Crippen molar-refractivity contribution in [3.63, 3.8) is 0 Å². The molecule has 0 amide bonds. The van der Waals surface area contributed by atoms with E-state index in [2.05, 4.69) is 0 Å². The predicted octanol–water partition coefficient (Wildman–Crippen LogP) is 0.448. The van der Waals surface area contributed by atoms with Crippen molar-refractivity contribution in [1.29, 1.82) is 10.5 Å². The zero-order chi connectivity index (χ0) is 13.4. The van der Waals surface area contributed by atoms with Crippen LogP contribution in [0.1, 0.15) is 20.9 Å². The van der Waals surface area contributed by atoms with Crippen molar-refractivity contribution in [2.24, 2.45) is 0 Å². The fourth-order valence-corrected chi connectivity index (χ4v) is 3.56. The van der Waals surface area contributed by atoms with Crippen molar-refractivity contribution in [3.05, 3.63) is 20.9 Å². The summed E-state index contributed by atoms with van der Waals surface area (Å²) >= 11 is 0.800. The molecule has 0 atom stereocenters. The van der Waals surface area contributed by atoms with Gasteiger partial charge in [-0.05, 0) is 0 Å². The Morgan fingerprint density at radius 1 is 0.944 bits per heavy atom. The van der Waals surface area contributed by atoms with Crippen molar-refractivity contribution >= 4 is 43.9 Å². The van der Waals surface area contributed by atoms with Crippen LogP contribution in [0.2, 0.25) is 0 Å². The van der Waals surface area contributed by atoms with E-state index in [9.17, 15) is 9.59 Å². The highest BCUT2D eigenvalue weighted by atomic mass is 32.1. The SMILES string of the molecule is N#Cc1sc(C#N)c2c1C(C(=O)O)=S=C2C(=O)O. The number of hydrogen-bond donors (Lipinski definition) is 2. The number of carboxylic acids is 2. The molecule has 6 nitrogen and oxygen atoms in total. The topological polar surface area (TPSA) is 122 Å². The highest BCUT2D eigenvalue weighted by Crippen LogP contribution is 2.33. The summed E-state index contributed by atoms with van der Waals surface area (Å²) in [5.74, 6) is -2.62. The maximum atomic E-state index is 11.0. The molecule has 0 fully saturated rings. The Kier molecular flexibility index (Phi) is 2.75. The summed E-state index contributed by atoms with van der Waals surface area (Å²) in [6.45, 7) is 0. The monoisotopic (exact) mass is 278 g/mol. The molecular formula is C10H2N2O4S2. The lowest BCUT2D eigenvalue weighted by Crippen LogP contribution is -2.14. The fourth-order valence-electron chi connectivity index (χ4n) is 1.53. The van der Waals surface area contributed by atoms with Crippen LogP contribution in [-0.2, 0) is 9.59 Å². The van der Waals surface area contributed by atoms with E-state index in [0.29, 0.717) is 10.9 Å². The first-order valence-corrected chi connectivity index (χ1v) is 6.00. The Morgan fingerprint density at radius 2 is 1.33 bits per heavy atom. The number of fused-ring (bicyclic) bond motifs is 1. The van der Waals surface area contributed by atoms with Crippen LogP contribution in [0.3, 0.4) is 0 Å². The third-order valence-corrected chi connectivity index (χ3v) is 4.32. The number of aliphatic carboxylic acids is 2. The molecule has 0 unspecified atom stereocenters. The number of thiophene rings is 1. The second kappa shape index (κ2) is 4.11. The quantitative estimate of drug-likeness (QED) is 0.757. The average molecular weight is 278 g/mol. The highest BCUT2D eigenvalue weighted by molar-refractivity contribution is 8.02. The van der Waals surface area contributed by atoms with Crippen molar-refractivity contribution in [2.45, 2.75) is 0 Å². The van der Waals surface area contributed by atoms with Crippen LogP contribution in [-0.4, -0.2) is 31.9 Å². The first kappa shape index (κ1) is 12.0. The van der Waals surface area contributed by atoms with E-state index < -0.39 is 11.9 Å². The molecule has 18 heavy (non-hydrogen) atoms. The average Bonchev–Trinajstić information content (AvgIpc) is 2.85. The van der Waals surface area contributed by atoms with Crippen LogP contribution < -0.4 is 0 Å². The number of rotatable bonds is 2. The first-order valence-electron chi connectivity index (χ1n) is 4.37. The standard InChI is InChI=1S/C10H2N2O4S2/c11-1-3-5-6(4(2-12)17-3)8(10(15)16)18-7(5)9(13)14/h(H,13,14)(H,15,16). The summed E-state index contributed by atoms with van der Waals surface area (Å²) in [5, 5.41) is 35.8. The minimum atomic E-state index is -1.31. The third kappa shape index (κ3) is 1.52. The second-order valence-corrected chi connectivity index (χ2v) is 5.15. The Labute approximate surface area is 107 Å². The van der Waals surface area contributed by atoms with Crippen LogP contribution >= 0.6 is 22.3 Å². The molecule has 1 aliphatic rings. The summed E-state index contributed by atoms with van der Waals surface area (Å²) in [6.07, 6.45) is 0. The summed E-state index contributed by atoms with van der Waals surface area (Å²) in [4.78, 5) is 21.7. The lowest BCUT2D eigenvalue weighted by molar-refractivity contribution is -0.130. The molecule has 2 heterocycles. The van der Waals surface area contributed by atoms with Gasteiger partial charge >= 0.3 is 11.9 Å². The molecule has 8 heteroatoms. The lowest BCUT2D eigenvalue weighted by atomic mass is 10.0. The van der Waals surface area contributed by atoms with Gasteiger partial charge in [0.25, 0.3) is 0 Å². The van der Waals surface area contributed by atoms with Gasteiger partial charge in [0.05, 0.1) is 0 Å². The molecule has 1 aromatic rings. The van der Waals surface area contributed by atoms with Gasteiger partial charge in [0, 0.05) is 11.1 Å². The molecule has 2 N–H and O–H groups in total. The molecule has 0 bridgehead atoms. The smallest absolute Gasteiger partial charge is 0.346 e. The maximum Gasteiger partial charge on any atom is 0.346 e. The summed E-state index contributed by atoms with van der Waals surface area (Å²) in [7, 11) is 0.560. The van der Waals surface area contributed by atoms with Gasteiger partial charge in [0.15, 0.2) is 0 Å². The van der Waals surface area contributed by atoms with E-state index in [1.807, 2.05) is 0 Å². The van der Waals surface area contributed by atoms with Crippen LogP contribution in [0.15, 0.2) is 0 Å². The van der Waals surface area contributed by atoms with Crippen molar-refractivity contribution in [1.82, 2.24) is 0 Å². The van der Waals surface area contributed by atoms with Crippen LogP contribution in [0.5, 0.6) is 0 Å². The molecule has 0 saturated carbocycles. The van der Waals surface area contributed by atoms with Crippen molar-refractivity contribution in [2.75, 3.05) is 0 Å². The second-order valence-electron chi connectivity index (χ2n) is 3.10. The van der Waals surface area contributed by atoms with Gasteiger partial charge in [0.2, 0.25) is 0 Å². The number of carbonyl (C=O) groups is 2. The van der Waals surface area contributed by atoms with E-state index in [-0.39, 0.29) is 30.6 Å². The van der Waals surface area contributed by atoms with Crippen molar-refractivity contribution < 1.29 is 19.8 Å². The zero-order valence-corrected chi connectivity index (χ0v) is 10.1. The van der Waals surface area contributed by atoms with Gasteiger partial charge in [-0.15, -0.1) is 22.3 Å². The molecule has 1 aliphatic heterocycles. The van der Waals surface area contributed by atoms with E-state index in [4.69, 9.17) is 20.7 Å². The molecule has 88 valence electrons. The Bertz CT molecular complexity index is 696. The Hall–Kier alpha value is -2.42. The summed E-state index contributed by atoms with van der Waals surface area (Å²) < 4.78 is 0. The van der Waals surface area contributed by atoms with Gasteiger partial charge in [-0.3, -0.25) is 0 Å². The third-order valence-electron chi connectivity index (χ3n) is 2.16. The normalized spacial score (nSPS) is 12.3. The number of hydrogen-bond acceptors (Lipinski definition) is 5. The van der Waals surface area contributed by atoms with E-state index in [0.717, 1.165) is 11.3 Å². The molecule has 0 spiro atoms. The number of nitriles is 2. The molecule has 0 aliphatic carbocycles. The summed E-state index contributed by atoms with van der Waals surface area (Å²) in [6, 6.07) is 3.58. The molecule has 0 saturated heterocycles. The fraction of sp³-hybridized carbons (Fsp3) is 0. The van der Waals surface area contributed by atoms with Gasteiger partial charge < -0.3 is 10.2 Å². The zero-order valence-electron chi connectivity index (χ0n) is 8.42. The maximum absolute atomic E-state index is 11.0. The highest BCUT2D eigenvalue weighted by Gasteiger charge is 2.34. The van der Waals surface area contributed by atoms with Gasteiger partial charge in [-0.1, -0.05) is 0 Å². The number of nitrogens with zero attached hydrogens (tertiary/aromatic N) is 2. The van der Waals surface area contributed by atoms with E-state index >= 15 is 0 Å².